The molecule has 0 spiro atoms. The summed E-state index contributed by atoms with van der Waals surface area (Å²) in [5.74, 6) is 2.21. The quantitative estimate of drug-likeness (QED) is 0.678. The van der Waals surface area contributed by atoms with Gasteiger partial charge in [0.05, 0.1) is 12.7 Å². The van der Waals surface area contributed by atoms with Gasteiger partial charge in [-0.3, -0.25) is 9.69 Å². The van der Waals surface area contributed by atoms with Gasteiger partial charge in [-0.15, -0.1) is 12.4 Å². The van der Waals surface area contributed by atoms with Crippen LogP contribution in [0.15, 0.2) is 48.2 Å². The molecule has 2 aromatic carbocycles. The average molecular weight is 402 g/mol. The maximum absolute atomic E-state index is 12.6. The molecule has 5 nitrogen and oxygen atoms in total. The number of ether oxygens (including phenoxy) is 3. The van der Waals surface area contributed by atoms with Crippen molar-refractivity contribution in [1.82, 2.24) is 4.90 Å². The normalized spacial score (nSPS) is 17.2. The summed E-state index contributed by atoms with van der Waals surface area (Å²) >= 11 is 0. The Kier molecular flexibility index (Phi) is 6.60. The number of allylic oxidation sites excluding steroid dienone is 1. The predicted octanol–water partition coefficient (Wildman–Crippen LogP) is 4.21. The SMILES string of the molecule is COc1cccc(/C=C2\Oc3cc(OCCN4CCCC4)ccc3C2=O)c1.Cl. The molecule has 2 heterocycles. The summed E-state index contributed by atoms with van der Waals surface area (Å²) in [6.45, 7) is 3.88. The number of carbonyl (C=O) groups excluding carboxylic acids is 1. The average Bonchev–Trinajstić information content (AvgIpc) is 3.30. The van der Waals surface area contributed by atoms with Crippen LogP contribution >= 0.6 is 12.4 Å². The Hall–Kier alpha value is -2.50. The van der Waals surface area contributed by atoms with Crippen LogP contribution in [0.25, 0.3) is 6.08 Å². The van der Waals surface area contributed by atoms with Crippen LogP contribution < -0.4 is 14.2 Å². The maximum atomic E-state index is 12.6. The second-order valence-electron chi connectivity index (χ2n) is 6.77. The summed E-state index contributed by atoms with van der Waals surface area (Å²) in [4.78, 5) is 15.0. The first-order chi connectivity index (χ1) is 13.2. The van der Waals surface area contributed by atoms with Crippen molar-refractivity contribution in [2.75, 3.05) is 33.4 Å². The lowest BCUT2D eigenvalue weighted by molar-refractivity contribution is 0.101. The van der Waals surface area contributed by atoms with Gasteiger partial charge in [0.1, 0.15) is 23.9 Å². The molecule has 2 aromatic rings. The van der Waals surface area contributed by atoms with Crippen molar-refractivity contribution < 1.29 is 19.0 Å². The highest BCUT2D eigenvalue weighted by Gasteiger charge is 2.27. The monoisotopic (exact) mass is 401 g/mol. The molecule has 148 valence electrons. The van der Waals surface area contributed by atoms with Crippen LogP contribution in [0.2, 0.25) is 0 Å². The van der Waals surface area contributed by atoms with Gasteiger partial charge in [0, 0.05) is 12.6 Å². The Balaban J connectivity index is 0.00000225. The van der Waals surface area contributed by atoms with E-state index in [9.17, 15) is 4.79 Å². The van der Waals surface area contributed by atoms with Gasteiger partial charge in [0.2, 0.25) is 5.78 Å². The summed E-state index contributed by atoms with van der Waals surface area (Å²) in [5, 5.41) is 0. The molecule has 1 fully saturated rings. The topological polar surface area (TPSA) is 48.0 Å². The molecular weight excluding hydrogens is 378 g/mol. The zero-order valence-electron chi connectivity index (χ0n) is 15.8. The van der Waals surface area contributed by atoms with Crippen LogP contribution in [-0.4, -0.2) is 44.0 Å². The van der Waals surface area contributed by atoms with E-state index in [0.29, 0.717) is 23.7 Å². The second-order valence-corrected chi connectivity index (χ2v) is 6.77. The number of hydrogen-bond acceptors (Lipinski definition) is 5. The Morgan fingerprint density at radius 2 is 1.93 bits per heavy atom. The van der Waals surface area contributed by atoms with Gasteiger partial charge >= 0.3 is 0 Å². The van der Waals surface area contributed by atoms with Gasteiger partial charge in [-0.1, -0.05) is 12.1 Å². The highest BCUT2D eigenvalue weighted by atomic mass is 35.5. The van der Waals surface area contributed by atoms with Crippen molar-refractivity contribution in [3.8, 4) is 17.2 Å². The summed E-state index contributed by atoms with van der Waals surface area (Å²) in [6, 6.07) is 12.9. The number of carbonyl (C=O) groups is 1. The minimum Gasteiger partial charge on any atom is -0.497 e. The first-order valence-corrected chi connectivity index (χ1v) is 9.30. The first-order valence-electron chi connectivity index (χ1n) is 9.30. The Morgan fingerprint density at radius 3 is 2.71 bits per heavy atom. The van der Waals surface area contributed by atoms with Crippen molar-refractivity contribution in [1.29, 1.82) is 0 Å². The molecule has 2 aliphatic heterocycles. The van der Waals surface area contributed by atoms with Crippen molar-refractivity contribution >= 4 is 24.3 Å². The third-order valence-corrected chi connectivity index (χ3v) is 4.91. The predicted molar refractivity (Wildman–Crippen MR) is 111 cm³/mol. The molecule has 4 rings (SSSR count). The Labute approximate surface area is 171 Å². The molecule has 0 saturated carbocycles. The van der Waals surface area contributed by atoms with Gasteiger partial charge in [0.25, 0.3) is 0 Å². The number of rotatable bonds is 6. The summed E-state index contributed by atoms with van der Waals surface area (Å²) in [6.07, 6.45) is 4.28. The number of hydrogen-bond donors (Lipinski definition) is 0. The van der Waals surface area contributed by atoms with E-state index >= 15 is 0 Å². The first kappa shape index (κ1) is 20.2. The van der Waals surface area contributed by atoms with Crippen molar-refractivity contribution in [3.63, 3.8) is 0 Å². The number of methoxy groups -OCH3 is 1. The summed E-state index contributed by atoms with van der Waals surface area (Å²) in [7, 11) is 1.62. The van der Waals surface area contributed by atoms with Crippen molar-refractivity contribution in [3.05, 3.63) is 59.4 Å². The molecule has 0 radical (unpaired) electrons. The van der Waals surface area contributed by atoms with Gasteiger partial charge < -0.3 is 14.2 Å². The molecule has 0 amide bonds. The van der Waals surface area contributed by atoms with Gasteiger partial charge in [-0.25, -0.2) is 0 Å². The summed E-state index contributed by atoms with van der Waals surface area (Å²) < 4.78 is 16.9. The number of nitrogens with zero attached hydrogens (tertiary/aromatic N) is 1. The highest BCUT2D eigenvalue weighted by Crippen LogP contribution is 2.35. The lowest BCUT2D eigenvalue weighted by atomic mass is 10.1. The Bertz CT molecular complexity index is 875. The fraction of sp³-hybridized carbons (Fsp3) is 0.318. The fourth-order valence-corrected chi connectivity index (χ4v) is 3.44. The Morgan fingerprint density at radius 1 is 1.11 bits per heavy atom. The fourth-order valence-electron chi connectivity index (χ4n) is 3.44. The van der Waals surface area contributed by atoms with Gasteiger partial charge in [0.15, 0.2) is 5.76 Å². The zero-order chi connectivity index (χ0) is 18.6. The molecule has 0 aliphatic carbocycles. The highest BCUT2D eigenvalue weighted by molar-refractivity contribution is 6.14. The number of ketones is 1. The molecular formula is C22H24ClNO4. The van der Waals surface area contributed by atoms with E-state index in [0.717, 1.165) is 36.7 Å². The molecule has 0 aromatic heterocycles. The number of likely N-dealkylation sites (tertiary alicyclic amines) is 1. The number of fused-ring (bicyclic) bond motifs is 1. The van der Waals surface area contributed by atoms with E-state index in [4.69, 9.17) is 14.2 Å². The van der Waals surface area contributed by atoms with Gasteiger partial charge in [-0.2, -0.15) is 0 Å². The van der Waals surface area contributed by atoms with Crippen LogP contribution in [0, 0.1) is 0 Å². The molecule has 1 saturated heterocycles. The third kappa shape index (κ3) is 4.49. The summed E-state index contributed by atoms with van der Waals surface area (Å²) in [5.41, 5.74) is 1.42. The molecule has 0 unspecified atom stereocenters. The third-order valence-electron chi connectivity index (χ3n) is 4.91. The van der Waals surface area contributed by atoms with Crippen LogP contribution in [0.1, 0.15) is 28.8 Å². The van der Waals surface area contributed by atoms with Crippen LogP contribution in [0.5, 0.6) is 17.2 Å². The lowest BCUT2D eigenvalue weighted by Gasteiger charge is -2.15. The molecule has 0 bridgehead atoms. The lowest BCUT2D eigenvalue weighted by Crippen LogP contribution is -2.25. The maximum Gasteiger partial charge on any atom is 0.231 e. The minimum atomic E-state index is -0.114. The number of Topliss-reactive ketones (excluding diaryl/α,β-unsaturated/α-hetero) is 1. The number of halogens is 1. The van der Waals surface area contributed by atoms with Crippen LogP contribution in [-0.2, 0) is 0 Å². The van der Waals surface area contributed by atoms with E-state index in [1.807, 2.05) is 30.3 Å². The van der Waals surface area contributed by atoms with Gasteiger partial charge in [-0.05, 0) is 61.8 Å². The van der Waals surface area contributed by atoms with E-state index in [1.165, 1.54) is 12.8 Å². The molecule has 2 aliphatic rings. The molecule has 0 atom stereocenters. The smallest absolute Gasteiger partial charge is 0.231 e. The van der Waals surface area contributed by atoms with E-state index in [1.54, 1.807) is 25.3 Å². The minimum absolute atomic E-state index is 0. The van der Waals surface area contributed by atoms with Crippen molar-refractivity contribution in [2.24, 2.45) is 0 Å². The zero-order valence-corrected chi connectivity index (χ0v) is 16.7. The van der Waals surface area contributed by atoms with Crippen LogP contribution in [0.4, 0.5) is 0 Å². The molecule has 28 heavy (non-hydrogen) atoms. The van der Waals surface area contributed by atoms with Crippen LogP contribution in [0.3, 0.4) is 0 Å². The van der Waals surface area contributed by atoms with Crippen molar-refractivity contribution in [2.45, 2.75) is 12.8 Å². The van der Waals surface area contributed by atoms with E-state index in [2.05, 4.69) is 4.90 Å². The van der Waals surface area contributed by atoms with E-state index < -0.39 is 0 Å². The molecule has 6 heteroatoms. The second kappa shape index (κ2) is 9.13. The van der Waals surface area contributed by atoms with E-state index in [-0.39, 0.29) is 18.2 Å². The molecule has 0 N–H and O–H groups in total. The largest absolute Gasteiger partial charge is 0.497 e. The number of benzene rings is 2. The standard InChI is InChI=1S/C22H23NO4.ClH/c1-25-17-6-4-5-16(13-17)14-21-22(24)19-8-7-18(15-20(19)27-21)26-12-11-23-9-2-3-10-23;/h4-8,13-15H,2-3,9-12H2,1H3;1H/b21-14-;.